The summed E-state index contributed by atoms with van der Waals surface area (Å²) in [7, 11) is 0. The van der Waals surface area contributed by atoms with Gasteiger partial charge in [-0.05, 0) is 24.5 Å². The Morgan fingerprint density at radius 3 is 2.70 bits per heavy atom. The van der Waals surface area contributed by atoms with Gasteiger partial charge in [-0.25, -0.2) is 0 Å². The first-order valence-corrected chi connectivity index (χ1v) is 12.5. The third-order valence-corrected chi connectivity index (χ3v) is 8.63. The van der Waals surface area contributed by atoms with Gasteiger partial charge in [-0.15, -0.1) is 6.58 Å². The molecule has 1 spiro atoms. The van der Waals surface area contributed by atoms with E-state index in [4.69, 9.17) is 14.2 Å². The number of hydrogen-bond acceptors (Lipinski definition) is 9. The number of aliphatic hydroxyl groups is 4. The molecule has 0 aromatic heterocycles. The molecule has 198 valence electrons. The highest BCUT2D eigenvalue weighted by atomic mass is 16.8. The number of fused-ring (bicyclic) bond motifs is 5. The maximum Gasteiger partial charge on any atom is 0.253 e. The number of rotatable bonds is 4. The normalized spacial score (nSPS) is 42.4. The van der Waals surface area contributed by atoms with Crippen LogP contribution in [-0.2, 0) is 29.2 Å². The average molecular weight is 515 g/mol. The Balaban J connectivity index is 1.29. The summed E-state index contributed by atoms with van der Waals surface area (Å²) < 4.78 is 17.1. The fourth-order valence-electron chi connectivity index (χ4n) is 6.70. The summed E-state index contributed by atoms with van der Waals surface area (Å²) >= 11 is 0. The van der Waals surface area contributed by atoms with Gasteiger partial charge in [0.15, 0.2) is 6.29 Å². The second-order valence-corrected chi connectivity index (χ2v) is 10.3. The molecule has 2 amide bonds. The Hall–Kier alpha value is -2.80. The number of piperidine rings is 1. The minimum absolute atomic E-state index is 0.113. The number of carbonyl (C=O) groups excluding carboxylic acids is 2. The van der Waals surface area contributed by atoms with E-state index in [1.165, 1.54) is 6.26 Å². The van der Waals surface area contributed by atoms with Gasteiger partial charge in [0, 0.05) is 24.1 Å². The van der Waals surface area contributed by atoms with E-state index in [0.717, 1.165) is 11.3 Å². The summed E-state index contributed by atoms with van der Waals surface area (Å²) in [5.41, 5.74) is 1.26. The molecular weight excluding hydrogens is 484 g/mol. The zero-order valence-corrected chi connectivity index (χ0v) is 20.0. The molecule has 0 radical (unpaired) electrons. The largest absolute Gasteiger partial charge is 0.471 e. The lowest BCUT2D eigenvalue weighted by molar-refractivity contribution is -0.339. The van der Waals surface area contributed by atoms with Gasteiger partial charge in [0.05, 0.1) is 29.9 Å². The zero-order valence-electron chi connectivity index (χ0n) is 20.0. The lowest BCUT2D eigenvalue weighted by Crippen LogP contribution is -2.60. The SMILES string of the molecule is C=C[C@@H]1C2C[C@H]3N(CC[C@@]34C(=O)Nc3ccccc34)C(=O)C2=CO[C@H]1O[C@@H]1O[C@H](CO)[C@@H](O)[C@H](O)[C@H]1O. The van der Waals surface area contributed by atoms with E-state index in [2.05, 4.69) is 11.9 Å². The maximum absolute atomic E-state index is 13.6. The summed E-state index contributed by atoms with van der Waals surface area (Å²) in [6, 6.07) is 7.19. The number of carbonyl (C=O) groups is 2. The minimum atomic E-state index is -1.60. The molecule has 0 bridgehead atoms. The standard InChI is InChI=1S/C26H30N2O9/c1-2-12-13-9-18-26(15-5-3-4-6-16(15)27-25(26)34)7-8-28(18)22(33)14(13)11-35-23(12)37-24-21(32)20(31)19(30)17(10-29)36-24/h2-6,11-13,17-21,23-24,29-32H,1,7-10H2,(H,27,34)/t12-,13?,17-,18-,19-,20+,21-,23+,24+,26+/m1/s1. The van der Waals surface area contributed by atoms with Crippen LogP contribution in [0.5, 0.6) is 0 Å². The molecule has 1 unspecified atom stereocenters. The van der Waals surface area contributed by atoms with Crippen LogP contribution in [0.4, 0.5) is 5.69 Å². The maximum atomic E-state index is 13.6. The van der Waals surface area contributed by atoms with Crippen LogP contribution in [0.3, 0.4) is 0 Å². The quantitative estimate of drug-likeness (QED) is 0.330. The van der Waals surface area contributed by atoms with Gasteiger partial charge in [-0.3, -0.25) is 9.59 Å². The highest BCUT2D eigenvalue weighted by Crippen LogP contribution is 2.54. The van der Waals surface area contributed by atoms with Crippen molar-refractivity contribution in [2.24, 2.45) is 11.8 Å². The number of hydrogen-bond donors (Lipinski definition) is 5. The third-order valence-electron chi connectivity index (χ3n) is 8.63. The second kappa shape index (κ2) is 8.90. The van der Waals surface area contributed by atoms with Crippen LogP contribution >= 0.6 is 0 Å². The highest BCUT2D eigenvalue weighted by Gasteiger charge is 2.62. The van der Waals surface area contributed by atoms with Gasteiger partial charge < -0.3 is 44.9 Å². The van der Waals surface area contributed by atoms with Gasteiger partial charge in [-0.1, -0.05) is 24.3 Å². The number of ether oxygens (including phenoxy) is 3. The summed E-state index contributed by atoms with van der Waals surface area (Å²) in [4.78, 5) is 28.7. The van der Waals surface area contributed by atoms with Crippen molar-refractivity contribution in [3.63, 3.8) is 0 Å². The predicted octanol–water partition coefficient (Wildman–Crippen LogP) is -0.644. The zero-order chi connectivity index (χ0) is 26.1. The van der Waals surface area contributed by atoms with Crippen molar-refractivity contribution in [2.45, 2.75) is 61.3 Å². The molecule has 11 heteroatoms. The molecule has 5 N–H and O–H groups in total. The number of aliphatic hydroxyl groups excluding tert-OH is 4. The van der Waals surface area contributed by atoms with Crippen LogP contribution in [0.2, 0.25) is 0 Å². The fourth-order valence-corrected chi connectivity index (χ4v) is 6.70. The van der Waals surface area contributed by atoms with Gasteiger partial charge >= 0.3 is 0 Å². The summed E-state index contributed by atoms with van der Waals surface area (Å²) in [5, 5.41) is 43.1. The van der Waals surface area contributed by atoms with E-state index in [-0.39, 0.29) is 23.8 Å². The number of amides is 2. The Bertz CT molecular complexity index is 1150. The van der Waals surface area contributed by atoms with Crippen molar-refractivity contribution in [2.75, 3.05) is 18.5 Å². The lowest BCUT2D eigenvalue weighted by atomic mass is 9.67. The molecule has 5 aliphatic heterocycles. The van der Waals surface area contributed by atoms with E-state index in [0.29, 0.717) is 25.0 Å². The molecule has 5 heterocycles. The van der Waals surface area contributed by atoms with Crippen LogP contribution in [0.25, 0.3) is 0 Å². The number of nitrogens with one attached hydrogen (secondary N) is 1. The molecule has 3 saturated heterocycles. The van der Waals surface area contributed by atoms with Gasteiger partial charge in [-0.2, -0.15) is 0 Å². The molecule has 0 aliphatic carbocycles. The Morgan fingerprint density at radius 2 is 1.95 bits per heavy atom. The second-order valence-electron chi connectivity index (χ2n) is 10.3. The van der Waals surface area contributed by atoms with Crippen molar-refractivity contribution >= 4 is 17.5 Å². The van der Waals surface area contributed by atoms with Crippen LogP contribution in [-0.4, -0.2) is 93.3 Å². The number of benzene rings is 1. The smallest absolute Gasteiger partial charge is 0.253 e. The van der Waals surface area contributed by atoms with Crippen molar-refractivity contribution in [3.8, 4) is 0 Å². The van der Waals surface area contributed by atoms with Crippen molar-refractivity contribution < 1.29 is 44.2 Å². The summed E-state index contributed by atoms with van der Waals surface area (Å²) in [6.07, 6.45) is -4.35. The molecule has 6 rings (SSSR count). The van der Waals surface area contributed by atoms with Gasteiger partial charge in [0.25, 0.3) is 5.91 Å². The number of nitrogens with zero attached hydrogens (tertiary/aromatic N) is 1. The average Bonchev–Trinajstić information content (AvgIpc) is 3.43. The van der Waals surface area contributed by atoms with Crippen molar-refractivity contribution in [1.82, 2.24) is 4.90 Å². The minimum Gasteiger partial charge on any atom is -0.471 e. The molecule has 10 atom stereocenters. The Kier molecular flexibility index (Phi) is 5.90. The first-order chi connectivity index (χ1) is 17.8. The fraction of sp³-hybridized carbons (Fsp3) is 0.538. The van der Waals surface area contributed by atoms with Gasteiger partial charge in [0.2, 0.25) is 12.2 Å². The van der Waals surface area contributed by atoms with Crippen molar-refractivity contribution in [3.05, 3.63) is 54.3 Å². The Labute approximate surface area is 212 Å². The van der Waals surface area contributed by atoms with Gasteiger partial charge in [0.1, 0.15) is 24.4 Å². The molecule has 0 saturated carbocycles. The van der Waals surface area contributed by atoms with E-state index >= 15 is 0 Å². The monoisotopic (exact) mass is 514 g/mol. The number of anilines is 1. The van der Waals surface area contributed by atoms with E-state index in [9.17, 15) is 30.0 Å². The molecule has 37 heavy (non-hydrogen) atoms. The summed E-state index contributed by atoms with van der Waals surface area (Å²) in [5.74, 6) is -1.24. The Morgan fingerprint density at radius 1 is 1.16 bits per heavy atom. The predicted molar refractivity (Wildman–Crippen MR) is 126 cm³/mol. The molecule has 5 aliphatic rings. The molecule has 3 fully saturated rings. The first-order valence-electron chi connectivity index (χ1n) is 12.5. The third kappa shape index (κ3) is 3.42. The topological polar surface area (TPSA) is 158 Å². The molecule has 1 aromatic carbocycles. The molecule has 1 aromatic rings. The van der Waals surface area contributed by atoms with Crippen LogP contribution in [0.15, 0.2) is 48.8 Å². The van der Waals surface area contributed by atoms with E-state index in [1.807, 2.05) is 24.3 Å². The van der Waals surface area contributed by atoms with Crippen LogP contribution in [0, 0.1) is 11.8 Å². The molecular formula is C26H30N2O9. The number of para-hydroxylation sites is 1. The van der Waals surface area contributed by atoms with E-state index in [1.54, 1.807) is 11.0 Å². The van der Waals surface area contributed by atoms with E-state index < -0.39 is 54.9 Å². The molecule has 11 nitrogen and oxygen atoms in total. The lowest BCUT2D eigenvalue weighted by Gasteiger charge is -2.47. The first kappa shape index (κ1) is 24.5. The van der Waals surface area contributed by atoms with Crippen molar-refractivity contribution in [1.29, 1.82) is 0 Å². The van der Waals surface area contributed by atoms with Crippen LogP contribution < -0.4 is 5.32 Å². The summed E-state index contributed by atoms with van der Waals surface area (Å²) in [6.45, 7) is 3.77. The highest BCUT2D eigenvalue weighted by molar-refractivity contribution is 6.08. The van der Waals surface area contributed by atoms with Crippen LogP contribution in [0.1, 0.15) is 18.4 Å².